The van der Waals surface area contributed by atoms with Crippen LogP contribution in [0.1, 0.15) is 11.3 Å². The average molecular weight is 257 g/mol. The number of hydrogen-bond acceptors (Lipinski definition) is 4. The minimum atomic E-state index is 0.429. The van der Waals surface area contributed by atoms with Crippen molar-refractivity contribution in [3.63, 3.8) is 0 Å². The van der Waals surface area contributed by atoms with Crippen molar-refractivity contribution in [2.24, 2.45) is 0 Å². The normalized spacial score (nSPS) is 10.7. The van der Waals surface area contributed by atoms with E-state index in [4.69, 9.17) is 10.5 Å². The molecule has 0 bridgehead atoms. The number of rotatable bonds is 5. The van der Waals surface area contributed by atoms with Crippen LogP contribution in [0.2, 0.25) is 0 Å². The Kier molecular flexibility index (Phi) is 4.36. The lowest BCUT2D eigenvalue weighted by molar-refractivity contribution is 0.301. The van der Waals surface area contributed by atoms with Gasteiger partial charge in [0.1, 0.15) is 18.2 Å². The number of benzene rings is 1. The van der Waals surface area contributed by atoms with Crippen molar-refractivity contribution in [3.8, 4) is 5.75 Å². The van der Waals surface area contributed by atoms with Crippen LogP contribution in [-0.2, 0) is 13.2 Å². The first-order chi connectivity index (χ1) is 9.13. The highest BCUT2D eigenvalue weighted by atomic mass is 16.5. The Morgan fingerprint density at radius 1 is 1.11 bits per heavy atom. The number of pyridine rings is 1. The molecule has 1 aromatic carbocycles. The van der Waals surface area contributed by atoms with Crippen molar-refractivity contribution in [2.75, 3.05) is 19.8 Å². The number of nitrogens with two attached hydrogens (primary N) is 1. The molecule has 2 rings (SSSR count). The summed E-state index contributed by atoms with van der Waals surface area (Å²) in [4.78, 5) is 6.32. The Morgan fingerprint density at radius 3 is 2.47 bits per heavy atom. The van der Waals surface area contributed by atoms with Crippen molar-refractivity contribution < 1.29 is 4.74 Å². The van der Waals surface area contributed by atoms with Crippen LogP contribution >= 0.6 is 0 Å². The largest absolute Gasteiger partial charge is 0.487 e. The van der Waals surface area contributed by atoms with E-state index in [1.54, 1.807) is 6.07 Å². The van der Waals surface area contributed by atoms with Gasteiger partial charge in [0.2, 0.25) is 0 Å². The van der Waals surface area contributed by atoms with Gasteiger partial charge in [-0.2, -0.15) is 0 Å². The second kappa shape index (κ2) is 6.20. The summed E-state index contributed by atoms with van der Waals surface area (Å²) in [5.41, 5.74) is 7.72. The zero-order valence-corrected chi connectivity index (χ0v) is 11.3. The molecule has 0 aliphatic heterocycles. The Bertz CT molecular complexity index is 523. The van der Waals surface area contributed by atoms with Crippen LogP contribution in [-0.4, -0.2) is 24.0 Å². The molecule has 0 fully saturated rings. The number of nitrogens with zero attached hydrogens (tertiary/aromatic N) is 2. The minimum Gasteiger partial charge on any atom is -0.487 e. The van der Waals surface area contributed by atoms with Gasteiger partial charge in [-0.1, -0.05) is 18.2 Å². The lowest BCUT2D eigenvalue weighted by Gasteiger charge is -2.10. The summed E-state index contributed by atoms with van der Waals surface area (Å²) in [6.45, 7) is 1.36. The molecule has 0 radical (unpaired) electrons. The van der Waals surface area contributed by atoms with Gasteiger partial charge in [0, 0.05) is 6.54 Å². The molecule has 19 heavy (non-hydrogen) atoms. The molecule has 4 heteroatoms. The quantitative estimate of drug-likeness (QED) is 0.893. The second-order valence-electron chi connectivity index (χ2n) is 4.72. The van der Waals surface area contributed by atoms with Gasteiger partial charge in [0.25, 0.3) is 0 Å². The third-order valence-electron chi connectivity index (χ3n) is 2.64. The molecule has 0 aliphatic carbocycles. The van der Waals surface area contributed by atoms with E-state index in [9.17, 15) is 0 Å². The molecule has 0 amide bonds. The van der Waals surface area contributed by atoms with E-state index in [1.165, 1.54) is 5.56 Å². The summed E-state index contributed by atoms with van der Waals surface area (Å²) in [6, 6.07) is 13.6. The Labute approximate surface area is 113 Å². The van der Waals surface area contributed by atoms with E-state index >= 15 is 0 Å². The fourth-order valence-electron chi connectivity index (χ4n) is 1.79. The van der Waals surface area contributed by atoms with Crippen molar-refractivity contribution in [3.05, 3.63) is 53.7 Å². The maximum Gasteiger partial charge on any atom is 0.130 e. The van der Waals surface area contributed by atoms with E-state index < -0.39 is 0 Å². The predicted molar refractivity (Wildman–Crippen MR) is 76.8 cm³/mol. The molecule has 0 unspecified atom stereocenters. The van der Waals surface area contributed by atoms with Gasteiger partial charge in [-0.25, -0.2) is 4.98 Å². The highest BCUT2D eigenvalue weighted by molar-refractivity contribution is 5.30. The standard InChI is InChI=1S/C15H19N3O/c1-18(2)10-12-6-8-14(9-7-12)19-11-13-4-3-5-15(16)17-13/h3-9H,10-11H2,1-2H3,(H2,16,17). The number of hydrogen-bond donors (Lipinski definition) is 1. The summed E-state index contributed by atoms with van der Waals surface area (Å²) >= 11 is 0. The summed E-state index contributed by atoms with van der Waals surface area (Å²) in [5.74, 6) is 1.36. The first-order valence-electron chi connectivity index (χ1n) is 6.21. The van der Waals surface area contributed by atoms with Crippen molar-refractivity contribution in [2.45, 2.75) is 13.2 Å². The molecule has 0 saturated heterocycles. The highest BCUT2D eigenvalue weighted by Crippen LogP contribution is 2.14. The Morgan fingerprint density at radius 2 is 1.84 bits per heavy atom. The van der Waals surface area contributed by atoms with Gasteiger partial charge < -0.3 is 15.4 Å². The van der Waals surface area contributed by atoms with Gasteiger partial charge in [-0.05, 0) is 43.9 Å². The first kappa shape index (κ1) is 13.4. The molecule has 2 aromatic rings. The lowest BCUT2D eigenvalue weighted by atomic mass is 10.2. The smallest absolute Gasteiger partial charge is 0.130 e. The zero-order chi connectivity index (χ0) is 13.7. The number of aromatic nitrogens is 1. The zero-order valence-electron chi connectivity index (χ0n) is 11.3. The van der Waals surface area contributed by atoms with Crippen LogP contribution in [0.5, 0.6) is 5.75 Å². The average Bonchev–Trinajstić information content (AvgIpc) is 2.37. The fourth-order valence-corrected chi connectivity index (χ4v) is 1.79. The van der Waals surface area contributed by atoms with Crippen LogP contribution in [0.3, 0.4) is 0 Å². The number of nitrogen functional groups attached to an aromatic ring is 1. The minimum absolute atomic E-state index is 0.429. The molecule has 4 nitrogen and oxygen atoms in total. The van der Waals surface area contributed by atoms with Crippen molar-refractivity contribution in [1.82, 2.24) is 9.88 Å². The van der Waals surface area contributed by atoms with Gasteiger partial charge in [0.15, 0.2) is 0 Å². The maximum absolute atomic E-state index is 5.68. The van der Waals surface area contributed by atoms with E-state index in [2.05, 4.69) is 36.1 Å². The van der Waals surface area contributed by atoms with Crippen LogP contribution in [0.15, 0.2) is 42.5 Å². The van der Waals surface area contributed by atoms with E-state index in [0.29, 0.717) is 12.4 Å². The van der Waals surface area contributed by atoms with Gasteiger partial charge in [-0.3, -0.25) is 0 Å². The summed E-state index contributed by atoms with van der Waals surface area (Å²) in [7, 11) is 4.10. The van der Waals surface area contributed by atoms with Gasteiger partial charge in [0.05, 0.1) is 5.69 Å². The number of anilines is 1. The molecule has 0 spiro atoms. The molecule has 2 N–H and O–H groups in total. The van der Waals surface area contributed by atoms with E-state index in [-0.39, 0.29) is 0 Å². The fraction of sp³-hybridized carbons (Fsp3) is 0.267. The molecule has 100 valence electrons. The molecule has 1 heterocycles. The van der Waals surface area contributed by atoms with E-state index in [0.717, 1.165) is 18.0 Å². The number of ether oxygens (including phenoxy) is 1. The summed E-state index contributed by atoms with van der Waals surface area (Å²) in [6.07, 6.45) is 0. The van der Waals surface area contributed by atoms with E-state index in [1.807, 2.05) is 24.3 Å². The van der Waals surface area contributed by atoms with Gasteiger partial charge in [-0.15, -0.1) is 0 Å². The molecule has 0 atom stereocenters. The monoisotopic (exact) mass is 257 g/mol. The van der Waals surface area contributed by atoms with Crippen molar-refractivity contribution >= 4 is 5.82 Å². The second-order valence-corrected chi connectivity index (χ2v) is 4.72. The Hall–Kier alpha value is -2.07. The molecule has 0 aliphatic rings. The summed E-state index contributed by atoms with van der Waals surface area (Å²) < 4.78 is 5.68. The molecule has 0 saturated carbocycles. The molecule has 1 aromatic heterocycles. The predicted octanol–water partition coefficient (Wildman–Crippen LogP) is 2.30. The van der Waals surface area contributed by atoms with Crippen LogP contribution < -0.4 is 10.5 Å². The maximum atomic E-state index is 5.68. The highest BCUT2D eigenvalue weighted by Gasteiger charge is 1.99. The molecular formula is C15H19N3O. The first-order valence-corrected chi connectivity index (χ1v) is 6.21. The molecular weight excluding hydrogens is 238 g/mol. The van der Waals surface area contributed by atoms with Gasteiger partial charge >= 0.3 is 0 Å². The third kappa shape index (κ3) is 4.26. The van der Waals surface area contributed by atoms with Crippen LogP contribution in [0, 0.1) is 0 Å². The van der Waals surface area contributed by atoms with Crippen LogP contribution in [0.4, 0.5) is 5.82 Å². The van der Waals surface area contributed by atoms with Crippen LogP contribution in [0.25, 0.3) is 0 Å². The topological polar surface area (TPSA) is 51.4 Å². The summed E-state index contributed by atoms with van der Waals surface area (Å²) in [5, 5.41) is 0. The Balaban J connectivity index is 1.93. The lowest BCUT2D eigenvalue weighted by Crippen LogP contribution is -2.10. The SMILES string of the molecule is CN(C)Cc1ccc(OCc2cccc(N)n2)cc1. The third-order valence-corrected chi connectivity index (χ3v) is 2.64. The van der Waals surface area contributed by atoms with Crippen molar-refractivity contribution in [1.29, 1.82) is 0 Å².